The lowest BCUT2D eigenvalue weighted by molar-refractivity contribution is -0.727. The third-order valence-electron chi connectivity index (χ3n) is 10.9. The first-order valence-electron chi connectivity index (χ1n) is 21.8. The van der Waals surface area contributed by atoms with Crippen molar-refractivity contribution in [3.63, 3.8) is 0 Å². The Balaban J connectivity index is 2.12. The van der Waals surface area contributed by atoms with Gasteiger partial charge in [-0.3, -0.25) is 0 Å². The molecular formula is C44H87N2+. The van der Waals surface area contributed by atoms with E-state index in [0.29, 0.717) is 12.0 Å². The van der Waals surface area contributed by atoms with E-state index in [1.165, 1.54) is 231 Å². The number of aromatic amines is 1. The van der Waals surface area contributed by atoms with Gasteiger partial charge in [0.15, 0.2) is 0 Å². The number of hydrogen-bond donors (Lipinski definition) is 1. The number of nitrogens with zero attached hydrogens (tertiary/aromatic N) is 1. The molecule has 1 heterocycles. The quantitative estimate of drug-likeness (QED) is 0.0550. The molecule has 0 spiro atoms. The number of H-pyrrole nitrogens is 1. The predicted octanol–water partition coefficient (Wildman–Crippen LogP) is 15.7. The number of rotatable bonds is 37. The van der Waals surface area contributed by atoms with E-state index in [-0.39, 0.29) is 0 Å². The third kappa shape index (κ3) is 25.3. The van der Waals surface area contributed by atoms with Crippen molar-refractivity contribution >= 4 is 0 Å². The second-order valence-electron chi connectivity index (χ2n) is 15.4. The van der Waals surface area contributed by atoms with Crippen LogP contribution in [0.3, 0.4) is 0 Å². The Labute approximate surface area is 291 Å². The highest BCUT2D eigenvalue weighted by atomic mass is 15.1. The minimum atomic E-state index is 0.619. The van der Waals surface area contributed by atoms with E-state index < -0.39 is 0 Å². The molecule has 1 aromatic rings. The minimum Gasteiger partial charge on any atom is -0.247 e. The molecule has 272 valence electrons. The molecule has 1 aromatic heterocycles. The largest absolute Gasteiger partial charge is 0.257 e. The van der Waals surface area contributed by atoms with Gasteiger partial charge >= 0.3 is 0 Å². The Morgan fingerprint density at radius 3 is 1.09 bits per heavy atom. The lowest BCUT2D eigenvalue weighted by Crippen LogP contribution is -2.41. The predicted molar refractivity (Wildman–Crippen MR) is 207 cm³/mol. The summed E-state index contributed by atoms with van der Waals surface area (Å²) in [6, 6.07) is 0.619. The maximum atomic E-state index is 3.71. The highest BCUT2D eigenvalue weighted by Gasteiger charge is 2.25. The zero-order valence-corrected chi connectivity index (χ0v) is 32.5. The third-order valence-corrected chi connectivity index (χ3v) is 10.9. The van der Waals surface area contributed by atoms with Crippen LogP contribution in [0.1, 0.15) is 270 Å². The second-order valence-corrected chi connectivity index (χ2v) is 15.4. The summed E-state index contributed by atoms with van der Waals surface area (Å²) in [5.41, 5.74) is 0. The first kappa shape index (κ1) is 43.2. The normalized spacial score (nSPS) is 13.0. The maximum Gasteiger partial charge on any atom is 0.257 e. The number of aromatic nitrogens is 2. The zero-order chi connectivity index (χ0) is 33.2. The minimum absolute atomic E-state index is 0.619. The van der Waals surface area contributed by atoms with Crippen molar-refractivity contribution in [1.29, 1.82) is 0 Å². The monoisotopic (exact) mass is 644 g/mol. The average Bonchev–Trinajstić information content (AvgIpc) is 3.56. The molecular weight excluding hydrogens is 556 g/mol. The van der Waals surface area contributed by atoms with Crippen molar-refractivity contribution in [2.45, 2.75) is 264 Å². The molecule has 0 aliphatic carbocycles. The molecule has 2 atom stereocenters. The molecule has 0 fully saturated rings. The SMILES string of the molecule is CCCCCCCCCCCCCCCCCCCC(CCCC)c1[nH]cc[n+]1C(C)CCCCCCCCCCCCCCC. The summed E-state index contributed by atoms with van der Waals surface area (Å²) in [6.45, 7) is 9.44. The van der Waals surface area contributed by atoms with E-state index in [1.54, 1.807) is 0 Å². The molecule has 0 saturated heterocycles. The Morgan fingerprint density at radius 2 is 0.717 bits per heavy atom. The van der Waals surface area contributed by atoms with Gasteiger partial charge < -0.3 is 0 Å². The smallest absolute Gasteiger partial charge is 0.247 e. The zero-order valence-electron chi connectivity index (χ0n) is 32.5. The topological polar surface area (TPSA) is 19.7 Å². The molecule has 0 aliphatic heterocycles. The van der Waals surface area contributed by atoms with Crippen LogP contribution in [0, 0.1) is 0 Å². The number of hydrogen-bond acceptors (Lipinski definition) is 0. The standard InChI is InChI=1S/C44H86N2/c1-5-8-11-13-15-17-19-21-22-23-24-26-28-30-32-34-36-39-43(38-10-7-3)44-45-40-41-46(44)42(4)37-35-33-31-29-27-25-20-18-16-14-12-9-6-2/h40-43H,5-39H2,1-4H3/p+1. The van der Waals surface area contributed by atoms with Gasteiger partial charge in [0.05, 0.1) is 12.0 Å². The van der Waals surface area contributed by atoms with Gasteiger partial charge in [0.2, 0.25) is 0 Å². The Kier molecular flexibility index (Phi) is 32.0. The Bertz CT molecular complexity index is 709. The van der Waals surface area contributed by atoms with Gasteiger partial charge in [-0.25, -0.2) is 9.55 Å². The summed E-state index contributed by atoms with van der Waals surface area (Å²) in [4.78, 5) is 3.71. The van der Waals surface area contributed by atoms with Gasteiger partial charge in [0.1, 0.15) is 12.4 Å². The van der Waals surface area contributed by atoms with Crippen LogP contribution in [0.5, 0.6) is 0 Å². The van der Waals surface area contributed by atoms with Crippen molar-refractivity contribution in [3.05, 3.63) is 18.2 Å². The Hall–Kier alpha value is -0.790. The molecule has 2 heteroatoms. The van der Waals surface area contributed by atoms with Gasteiger partial charge in [-0.05, 0) is 32.6 Å². The highest BCUT2D eigenvalue weighted by molar-refractivity contribution is 4.90. The molecule has 0 aromatic carbocycles. The molecule has 0 bridgehead atoms. The molecule has 0 saturated carbocycles. The van der Waals surface area contributed by atoms with E-state index in [9.17, 15) is 0 Å². The van der Waals surface area contributed by atoms with Crippen molar-refractivity contribution in [2.75, 3.05) is 0 Å². The average molecular weight is 644 g/mol. The number of unbranched alkanes of at least 4 members (excludes halogenated alkanes) is 29. The highest BCUT2D eigenvalue weighted by Crippen LogP contribution is 2.27. The lowest BCUT2D eigenvalue weighted by atomic mass is 9.93. The molecule has 0 amide bonds. The molecule has 0 radical (unpaired) electrons. The van der Waals surface area contributed by atoms with Crippen LogP contribution < -0.4 is 4.57 Å². The van der Waals surface area contributed by atoms with Crippen molar-refractivity contribution < 1.29 is 4.57 Å². The Morgan fingerprint density at radius 1 is 0.413 bits per heavy atom. The van der Waals surface area contributed by atoms with Crippen LogP contribution in [-0.4, -0.2) is 4.98 Å². The fourth-order valence-electron chi connectivity index (χ4n) is 7.65. The van der Waals surface area contributed by atoms with Crippen molar-refractivity contribution in [2.24, 2.45) is 0 Å². The summed E-state index contributed by atoms with van der Waals surface area (Å²) in [7, 11) is 0. The van der Waals surface area contributed by atoms with Gasteiger partial charge in [0.25, 0.3) is 5.82 Å². The van der Waals surface area contributed by atoms with Crippen LogP contribution in [0.25, 0.3) is 0 Å². The van der Waals surface area contributed by atoms with Crippen molar-refractivity contribution in [3.8, 4) is 0 Å². The van der Waals surface area contributed by atoms with Gasteiger partial charge in [0, 0.05) is 0 Å². The van der Waals surface area contributed by atoms with Crippen LogP contribution in [0.2, 0.25) is 0 Å². The molecule has 46 heavy (non-hydrogen) atoms. The first-order valence-corrected chi connectivity index (χ1v) is 21.8. The summed E-state index contributed by atoms with van der Waals surface area (Å²) in [5, 5.41) is 0. The number of imidazole rings is 1. The van der Waals surface area contributed by atoms with E-state index >= 15 is 0 Å². The number of nitrogens with one attached hydrogen (secondary N) is 1. The molecule has 1 N–H and O–H groups in total. The molecule has 1 rings (SSSR count). The van der Waals surface area contributed by atoms with Crippen LogP contribution >= 0.6 is 0 Å². The summed E-state index contributed by atoms with van der Waals surface area (Å²) in [6.07, 6.45) is 54.7. The summed E-state index contributed by atoms with van der Waals surface area (Å²) < 4.78 is 2.62. The molecule has 2 unspecified atom stereocenters. The molecule has 2 nitrogen and oxygen atoms in total. The van der Waals surface area contributed by atoms with Gasteiger partial charge in [-0.1, -0.05) is 220 Å². The van der Waals surface area contributed by atoms with E-state index in [1.807, 2.05) is 0 Å². The van der Waals surface area contributed by atoms with Crippen LogP contribution in [-0.2, 0) is 0 Å². The van der Waals surface area contributed by atoms with Crippen molar-refractivity contribution in [1.82, 2.24) is 4.98 Å². The molecule has 0 aliphatic rings. The lowest BCUT2D eigenvalue weighted by Gasteiger charge is -2.17. The van der Waals surface area contributed by atoms with Gasteiger partial charge in [-0.2, -0.15) is 0 Å². The van der Waals surface area contributed by atoms with E-state index in [2.05, 4.69) is 49.6 Å². The fraction of sp³-hybridized carbons (Fsp3) is 0.932. The van der Waals surface area contributed by atoms with Gasteiger partial charge in [-0.15, -0.1) is 0 Å². The second kappa shape index (κ2) is 34.1. The van der Waals surface area contributed by atoms with Crippen LogP contribution in [0.4, 0.5) is 0 Å². The summed E-state index contributed by atoms with van der Waals surface area (Å²) in [5.74, 6) is 2.23. The summed E-state index contributed by atoms with van der Waals surface area (Å²) >= 11 is 0. The fourth-order valence-corrected chi connectivity index (χ4v) is 7.65. The van der Waals surface area contributed by atoms with E-state index in [0.717, 1.165) is 0 Å². The first-order chi connectivity index (χ1) is 22.7. The van der Waals surface area contributed by atoms with E-state index in [4.69, 9.17) is 0 Å². The van der Waals surface area contributed by atoms with Crippen LogP contribution in [0.15, 0.2) is 12.4 Å². The maximum absolute atomic E-state index is 3.71.